The highest BCUT2D eigenvalue weighted by atomic mass is 16.6. The van der Waals surface area contributed by atoms with E-state index in [9.17, 15) is 14.9 Å². The molecule has 0 aliphatic carbocycles. The molecule has 3 rings (SSSR count). The lowest BCUT2D eigenvalue weighted by atomic mass is 10.1. The fourth-order valence-electron chi connectivity index (χ4n) is 3.19. The molecule has 0 radical (unpaired) electrons. The van der Waals surface area contributed by atoms with Gasteiger partial charge in [0.15, 0.2) is 0 Å². The molecule has 0 spiro atoms. The minimum absolute atomic E-state index is 0.0181. The maximum atomic E-state index is 12.3. The van der Waals surface area contributed by atoms with Crippen LogP contribution in [0, 0.1) is 10.1 Å². The molecule has 1 aromatic carbocycles. The molecule has 0 N–H and O–H groups in total. The molecule has 2 aliphatic heterocycles. The summed E-state index contributed by atoms with van der Waals surface area (Å²) in [5, 5.41) is 11.0. The predicted molar refractivity (Wildman–Crippen MR) is 92.1 cm³/mol. The van der Waals surface area contributed by atoms with Crippen molar-refractivity contribution < 1.29 is 19.2 Å². The molecule has 2 aliphatic rings. The molecule has 0 unspecified atom stereocenters. The third-order valence-electron chi connectivity index (χ3n) is 4.31. The summed E-state index contributed by atoms with van der Waals surface area (Å²) in [6.45, 7) is 7.74. The van der Waals surface area contributed by atoms with Crippen molar-refractivity contribution in [3.8, 4) is 5.75 Å². The Morgan fingerprint density at radius 3 is 2.80 bits per heavy atom. The number of nitrogens with zero attached hydrogens (tertiary/aromatic N) is 3. The zero-order valence-corrected chi connectivity index (χ0v) is 14.7. The number of nitro benzene ring substituents is 1. The third-order valence-corrected chi connectivity index (χ3v) is 4.31. The van der Waals surface area contributed by atoms with Gasteiger partial charge in [0.05, 0.1) is 29.3 Å². The number of benzene rings is 1. The Labute approximate surface area is 146 Å². The number of amides is 1. The number of anilines is 1. The van der Waals surface area contributed by atoms with Crippen molar-refractivity contribution in [1.29, 1.82) is 0 Å². The fraction of sp³-hybridized carbons (Fsp3) is 0.588. The summed E-state index contributed by atoms with van der Waals surface area (Å²) in [6, 6.07) is 4.79. The van der Waals surface area contributed by atoms with E-state index in [0.717, 1.165) is 12.1 Å². The third kappa shape index (κ3) is 3.78. The van der Waals surface area contributed by atoms with Gasteiger partial charge in [-0.25, -0.2) is 4.79 Å². The van der Waals surface area contributed by atoms with Crippen LogP contribution >= 0.6 is 0 Å². The topological polar surface area (TPSA) is 85.2 Å². The number of carbonyl (C=O) groups is 1. The first-order valence-electron chi connectivity index (χ1n) is 8.40. The van der Waals surface area contributed by atoms with E-state index in [0.29, 0.717) is 32.0 Å². The van der Waals surface area contributed by atoms with Crippen molar-refractivity contribution in [3.05, 3.63) is 28.3 Å². The molecule has 1 aromatic rings. The summed E-state index contributed by atoms with van der Waals surface area (Å²) in [4.78, 5) is 26.8. The van der Waals surface area contributed by atoms with E-state index in [1.54, 1.807) is 11.0 Å². The van der Waals surface area contributed by atoms with Gasteiger partial charge in [-0.1, -0.05) is 0 Å². The van der Waals surface area contributed by atoms with Crippen LogP contribution in [0.15, 0.2) is 18.2 Å². The lowest BCUT2D eigenvalue weighted by Crippen LogP contribution is -2.55. The number of non-ortho nitro benzene ring substituents is 1. The van der Waals surface area contributed by atoms with Crippen LogP contribution < -0.4 is 9.64 Å². The molecule has 8 nitrogen and oxygen atoms in total. The second kappa shape index (κ2) is 6.42. The van der Waals surface area contributed by atoms with Crippen LogP contribution in [0.3, 0.4) is 0 Å². The van der Waals surface area contributed by atoms with E-state index < -0.39 is 10.5 Å². The zero-order valence-electron chi connectivity index (χ0n) is 14.7. The lowest BCUT2D eigenvalue weighted by molar-refractivity contribution is -0.384. The first-order valence-corrected chi connectivity index (χ1v) is 8.40. The molecular weight excluding hydrogens is 326 g/mol. The highest BCUT2D eigenvalue weighted by molar-refractivity contribution is 5.70. The Balaban J connectivity index is 1.77. The summed E-state index contributed by atoms with van der Waals surface area (Å²) >= 11 is 0. The van der Waals surface area contributed by atoms with Crippen LogP contribution in [-0.4, -0.2) is 53.8 Å². The quantitative estimate of drug-likeness (QED) is 0.572. The van der Waals surface area contributed by atoms with Crippen LogP contribution in [0.4, 0.5) is 16.2 Å². The molecule has 1 amide bonds. The van der Waals surface area contributed by atoms with Gasteiger partial charge >= 0.3 is 6.09 Å². The Morgan fingerprint density at radius 1 is 1.36 bits per heavy atom. The summed E-state index contributed by atoms with van der Waals surface area (Å²) in [5.41, 5.74) is 0.341. The van der Waals surface area contributed by atoms with Crippen LogP contribution in [0.25, 0.3) is 0 Å². The molecule has 0 bridgehead atoms. The summed E-state index contributed by atoms with van der Waals surface area (Å²) in [7, 11) is 0. The van der Waals surface area contributed by atoms with Crippen molar-refractivity contribution in [2.45, 2.75) is 38.8 Å². The van der Waals surface area contributed by atoms with Gasteiger partial charge in [0.25, 0.3) is 5.69 Å². The van der Waals surface area contributed by atoms with Gasteiger partial charge in [0.1, 0.15) is 11.4 Å². The number of rotatable bonds is 1. The zero-order chi connectivity index (χ0) is 18.2. The normalized spacial score (nSPS) is 20.0. The van der Waals surface area contributed by atoms with Crippen molar-refractivity contribution in [1.82, 2.24) is 4.90 Å². The highest BCUT2D eigenvalue weighted by Gasteiger charge is 2.35. The van der Waals surface area contributed by atoms with Crippen LogP contribution in [0.5, 0.6) is 5.75 Å². The molecule has 1 atom stereocenters. The van der Waals surface area contributed by atoms with Gasteiger partial charge in [0.2, 0.25) is 0 Å². The minimum atomic E-state index is -0.522. The second-order valence-electron chi connectivity index (χ2n) is 7.32. The fourth-order valence-corrected chi connectivity index (χ4v) is 3.19. The Hall–Kier alpha value is -2.51. The summed E-state index contributed by atoms with van der Waals surface area (Å²) in [5.74, 6) is 0.530. The van der Waals surface area contributed by atoms with E-state index >= 15 is 0 Å². The van der Waals surface area contributed by atoms with E-state index in [1.165, 1.54) is 12.1 Å². The maximum absolute atomic E-state index is 12.3. The van der Waals surface area contributed by atoms with Crippen molar-refractivity contribution in [2.75, 3.05) is 31.1 Å². The highest BCUT2D eigenvalue weighted by Crippen LogP contribution is 2.37. The first-order chi connectivity index (χ1) is 11.7. The number of ether oxygens (including phenoxy) is 2. The van der Waals surface area contributed by atoms with Gasteiger partial charge < -0.3 is 19.3 Å². The second-order valence-corrected chi connectivity index (χ2v) is 7.32. The minimum Gasteiger partial charge on any atom is -0.491 e. The molecule has 0 saturated carbocycles. The summed E-state index contributed by atoms with van der Waals surface area (Å²) in [6.07, 6.45) is 0.433. The average Bonchev–Trinajstić information content (AvgIpc) is 2.71. The predicted octanol–water partition coefficient (Wildman–Crippen LogP) is 2.80. The smallest absolute Gasteiger partial charge is 0.410 e. The van der Waals surface area contributed by atoms with Crippen molar-refractivity contribution >= 4 is 17.5 Å². The Bertz CT molecular complexity index is 685. The summed E-state index contributed by atoms with van der Waals surface area (Å²) < 4.78 is 11.2. The number of nitro groups is 1. The lowest BCUT2D eigenvalue weighted by Gasteiger charge is -2.41. The van der Waals surface area contributed by atoms with Gasteiger partial charge in [-0.2, -0.15) is 0 Å². The number of hydrogen-bond donors (Lipinski definition) is 0. The SMILES string of the molecule is CC(C)(C)OC(=O)N1CCN2c3ccc([N+](=O)[O-])cc3OCC[C@H]2C1. The van der Waals surface area contributed by atoms with E-state index in [4.69, 9.17) is 9.47 Å². The Kier molecular flexibility index (Phi) is 4.45. The largest absolute Gasteiger partial charge is 0.491 e. The van der Waals surface area contributed by atoms with Gasteiger partial charge in [-0.15, -0.1) is 0 Å². The number of fused-ring (bicyclic) bond motifs is 3. The van der Waals surface area contributed by atoms with Crippen LogP contribution in [0.2, 0.25) is 0 Å². The van der Waals surface area contributed by atoms with Crippen molar-refractivity contribution in [3.63, 3.8) is 0 Å². The number of hydrogen-bond acceptors (Lipinski definition) is 6. The molecular formula is C17H23N3O5. The molecule has 2 heterocycles. The van der Waals surface area contributed by atoms with E-state index in [2.05, 4.69) is 4.90 Å². The molecule has 25 heavy (non-hydrogen) atoms. The van der Waals surface area contributed by atoms with Crippen molar-refractivity contribution in [2.24, 2.45) is 0 Å². The van der Waals surface area contributed by atoms with E-state index in [-0.39, 0.29) is 17.8 Å². The number of carbonyl (C=O) groups excluding carboxylic acids is 1. The molecule has 1 saturated heterocycles. The van der Waals surface area contributed by atoms with E-state index in [1.807, 2.05) is 20.8 Å². The molecule has 8 heteroatoms. The van der Waals surface area contributed by atoms with Gasteiger partial charge in [0, 0.05) is 32.1 Å². The monoisotopic (exact) mass is 349 g/mol. The van der Waals surface area contributed by atoms with Crippen LogP contribution in [-0.2, 0) is 4.74 Å². The molecule has 136 valence electrons. The average molecular weight is 349 g/mol. The van der Waals surface area contributed by atoms with Gasteiger partial charge in [-0.3, -0.25) is 10.1 Å². The first kappa shape index (κ1) is 17.3. The standard InChI is InChI=1S/C17H23N3O5/c1-17(2,3)25-16(21)18-7-8-19-13(11-18)6-9-24-15-10-12(20(22)23)4-5-14(15)19/h4-5,10,13H,6-9,11H2,1-3H3/t13-/m0/s1. The van der Waals surface area contributed by atoms with Gasteiger partial charge in [-0.05, 0) is 26.8 Å². The van der Waals surface area contributed by atoms with Crippen LogP contribution in [0.1, 0.15) is 27.2 Å². The molecule has 0 aromatic heterocycles. The number of piperazine rings is 1. The maximum Gasteiger partial charge on any atom is 0.410 e. The molecule has 1 fully saturated rings. The Morgan fingerprint density at radius 2 is 2.12 bits per heavy atom.